The highest BCUT2D eigenvalue weighted by atomic mass is 35.5. The first-order chi connectivity index (χ1) is 22.6. The zero-order valence-electron chi connectivity index (χ0n) is 33.2. The number of carbonyl (C=O) groups excluding carboxylic acids is 4. The maximum absolute atomic E-state index is 12.0. The Balaban J connectivity index is 0. The fourth-order valence-electron chi connectivity index (χ4n) is 4.71. The van der Waals surface area contributed by atoms with Gasteiger partial charge in [-0.2, -0.15) is 0 Å². The second-order valence-electron chi connectivity index (χ2n) is 13.7. The van der Waals surface area contributed by atoms with E-state index in [1.807, 2.05) is 19.9 Å². The number of hydrogen-bond donors (Lipinski definition) is 0. The number of alkyl halides is 1. The zero-order chi connectivity index (χ0) is 38.6. The van der Waals surface area contributed by atoms with Crippen LogP contribution < -0.4 is 0 Å². The average molecular weight is 705 g/mol. The third-order valence-electron chi connectivity index (χ3n) is 8.02. The van der Waals surface area contributed by atoms with Crippen LogP contribution in [0.2, 0.25) is 11.6 Å². The van der Waals surface area contributed by atoms with Gasteiger partial charge in [-0.3, -0.25) is 19.2 Å². The van der Waals surface area contributed by atoms with E-state index in [0.29, 0.717) is 51.0 Å². The third-order valence-corrected chi connectivity index (χ3v) is 9.52. The number of ketones is 4. The fourth-order valence-corrected chi connectivity index (χ4v) is 6.34. The Hall–Kier alpha value is -3.02. The van der Waals surface area contributed by atoms with E-state index in [-0.39, 0.29) is 29.0 Å². The van der Waals surface area contributed by atoms with Crippen molar-refractivity contribution in [2.75, 3.05) is 5.88 Å². The minimum Gasteiger partial charge on any atom is -0.289 e. The number of terminal acetylenes is 1. The number of unbranched alkanes of at least 4 members (excludes halogenated alkanes) is 1. The second kappa shape index (κ2) is 25.0. The standard InChI is InChI=1S/C14H18O2.C10H11ClO2.C9H15.C8H12.2CH3.Al/c1-8(2)6-7-12-11(5)13(15)9(3)10(4)14(12)16;1-5-6(2)10(13)8(4-11)7(3)9(5)12;1-8(2)6-5-7-9(3)4;1-4-5-6-7-8(2)3;;;/h6H,7H2,1-5H3;4H2,1-3H3;1,7H,5-6H2,2-4H3;1,7H,5-6H2,2-3H3;2*1H3;. The van der Waals surface area contributed by atoms with Crippen molar-refractivity contribution < 1.29 is 19.2 Å². The number of hydrogen-bond acceptors (Lipinski definition) is 4. The SMILES string of the molecule is C#CCCC=C(C)C.CC(C)=CCC/C(C)=[CH]/[Al]([CH3])[CH3].CC(C)=CCC1=C(C)C(=O)C(C)=C(C)C1=O.CC1=C(C)C(=O)C(CCl)=C(C)C1=O. The van der Waals surface area contributed by atoms with Crippen LogP contribution in [0.3, 0.4) is 0 Å². The van der Waals surface area contributed by atoms with Crippen molar-refractivity contribution in [3.8, 4) is 12.3 Å². The lowest BCUT2D eigenvalue weighted by Crippen LogP contribution is -2.21. The molecule has 0 amide bonds. The minimum atomic E-state index is -0.478. The van der Waals surface area contributed by atoms with Crippen molar-refractivity contribution in [2.24, 2.45) is 0 Å². The van der Waals surface area contributed by atoms with E-state index >= 15 is 0 Å². The molecule has 268 valence electrons. The molecular formula is C43H62AlClO4. The van der Waals surface area contributed by atoms with Crippen LogP contribution in [-0.4, -0.2) is 43.2 Å². The number of halogens is 1. The third kappa shape index (κ3) is 18.5. The van der Waals surface area contributed by atoms with Gasteiger partial charge in [0.2, 0.25) is 0 Å². The Morgan fingerprint density at radius 3 is 1.39 bits per heavy atom. The molecule has 0 atom stereocenters. The number of Topliss-reactive ketones (excluding diaryl/α,β-unsaturated/α-hetero) is 4. The largest absolute Gasteiger partial charge is 0.289 e. The summed E-state index contributed by atoms with van der Waals surface area (Å²) in [5, 5.41) is 0. The Morgan fingerprint density at radius 2 is 1.00 bits per heavy atom. The molecule has 0 saturated carbocycles. The van der Waals surface area contributed by atoms with Crippen LogP contribution in [0.25, 0.3) is 0 Å². The van der Waals surface area contributed by atoms with Crippen LogP contribution in [0.15, 0.2) is 90.0 Å². The molecule has 0 bridgehead atoms. The van der Waals surface area contributed by atoms with Crippen LogP contribution >= 0.6 is 11.6 Å². The van der Waals surface area contributed by atoms with Gasteiger partial charge in [0.25, 0.3) is 14.1 Å². The highest BCUT2D eigenvalue weighted by molar-refractivity contribution is 6.61. The van der Waals surface area contributed by atoms with Crippen molar-refractivity contribution >= 4 is 48.9 Å². The van der Waals surface area contributed by atoms with Gasteiger partial charge in [0.1, 0.15) is 0 Å². The van der Waals surface area contributed by atoms with Gasteiger partial charge in [0.15, 0.2) is 23.1 Å². The minimum absolute atomic E-state index is 0.00857. The van der Waals surface area contributed by atoms with E-state index in [4.69, 9.17) is 18.0 Å². The molecule has 2 aliphatic rings. The summed E-state index contributed by atoms with van der Waals surface area (Å²) >= 11 is 5.12. The molecule has 0 heterocycles. The van der Waals surface area contributed by atoms with Crippen LogP contribution in [0.5, 0.6) is 0 Å². The monoisotopic (exact) mass is 704 g/mol. The number of carbonyl (C=O) groups is 4. The summed E-state index contributed by atoms with van der Waals surface area (Å²) < 4.78 is 0. The molecule has 49 heavy (non-hydrogen) atoms. The van der Waals surface area contributed by atoms with Crippen LogP contribution in [-0.2, 0) is 19.2 Å². The first kappa shape index (κ1) is 48.1. The van der Waals surface area contributed by atoms with Crippen molar-refractivity contribution in [3.63, 3.8) is 0 Å². The first-order valence-electron chi connectivity index (χ1n) is 17.2. The van der Waals surface area contributed by atoms with Gasteiger partial charge in [-0.15, -0.1) is 40.5 Å². The van der Waals surface area contributed by atoms with Crippen LogP contribution in [0.1, 0.15) is 122 Å². The lowest BCUT2D eigenvalue weighted by Gasteiger charge is -2.17. The van der Waals surface area contributed by atoms with E-state index < -0.39 is 14.1 Å². The highest BCUT2D eigenvalue weighted by Crippen LogP contribution is 2.27. The van der Waals surface area contributed by atoms with Crippen LogP contribution in [0.4, 0.5) is 0 Å². The molecule has 0 fully saturated rings. The lowest BCUT2D eigenvalue weighted by atomic mass is 9.84. The summed E-state index contributed by atoms with van der Waals surface area (Å²) in [6.45, 7) is 24.9. The van der Waals surface area contributed by atoms with Gasteiger partial charge in [-0.25, -0.2) is 0 Å². The van der Waals surface area contributed by atoms with E-state index in [9.17, 15) is 19.2 Å². The molecule has 0 aromatic rings. The lowest BCUT2D eigenvalue weighted by molar-refractivity contribution is -0.116. The van der Waals surface area contributed by atoms with Crippen molar-refractivity contribution in [1.29, 1.82) is 0 Å². The van der Waals surface area contributed by atoms with Gasteiger partial charge >= 0.3 is 0 Å². The summed E-state index contributed by atoms with van der Waals surface area (Å²) in [5.74, 6) is 7.30. The van der Waals surface area contributed by atoms with Crippen molar-refractivity contribution in [1.82, 2.24) is 0 Å². The Labute approximate surface area is 308 Å². The predicted molar refractivity (Wildman–Crippen MR) is 214 cm³/mol. The molecule has 2 rings (SSSR count). The van der Waals surface area contributed by atoms with E-state index in [1.165, 1.54) is 24.0 Å². The molecule has 0 saturated heterocycles. The van der Waals surface area contributed by atoms with Crippen LogP contribution in [0, 0.1) is 12.3 Å². The second-order valence-corrected chi connectivity index (χ2v) is 16.8. The zero-order valence-corrected chi connectivity index (χ0v) is 35.1. The number of rotatable bonds is 9. The van der Waals surface area contributed by atoms with E-state index in [0.717, 1.165) is 18.4 Å². The molecule has 0 aromatic carbocycles. The Bertz CT molecular complexity index is 1510. The van der Waals surface area contributed by atoms with Gasteiger partial charge < -0.3 is 0 Å². The molecule has 6 heteroatoms. The molecule has 4 nitrogen and oxygen atoms in total. The topological polar surface area (TPSA) is 68.3 Å². The molecule has 0 spiro atoms. The highest BCUT2D eigenvalue weighted by Gasteiger charge is 2.27. The van der Waals surface area contributed by atoms with E-state index in [1.54, 1.807) is 47.1 Å². The molecule has 0 unspecified atom stereocenters. The maximum atomic E-state index is 12.0. The molecule has 2 aliphatic carbocycles. The predicted octanol–water partition coefficient (Wildman–Crippen LogP) is 11.5. The van der Waals surface area contributed by atoms with E-state index in [2.05, 4.69) is 69.2 Å². The molecular weight excluding hydrogens is 643 g/mol. The summed E-state index contributed by atoms with van der Waals surface area (Å²) in [5.41, 5.74) is 9.93. The smallest absolute Gasteiger partial charge is 0.288 e. The summed E-state index contributed by atoms with van der Waals surface area (Å²) in [6, 6.07) is 0. The first-order valence-corrected chi connectivity index (χ1v) is 20.7. The normalized spacial score (nSPS) is 14.6. The molecule has 0 N–H and O–H groups in total. The number of allylic oxidation sites excluding steroid dienone is 15. The summed E-state index contributed by atoms with van der Waals surface area (Å²) in [4.78, 5) is 49.4. The fraction of sp³-hybridized carbons (Fsp3) is 0.488. The molecule has 0 aliphatic heterocycles. The van der Waals surface area contributed by atoms with Crippen molar-refractivity contribution in [3.05, 3.63) is 90.0 Å². The van der Waals surface area contributed by atoms with Gasteiger partial charge in [-0.1, -0.05) is 40.5 Å². The molecule has 0 aromatic heterocycles. The summed E-state index contributed by atoms with van der Waals surface area (Å²) in [6.07, 6.45) is 16.4. The quantitative estimate of drug-likeness (QED) is 0.0598. The van der Waals surface area contributed by atoms with Gasteiger partial charge in [0.05, 0.1) is 5.88 Å². The van der Waals surface area contributed by atoms with Gasteiger partial charge in [0, 0.05) is 51.0 Å². The average Bonchev–Trinajstić information content (AvgIpc) is 3.01. The summed E-state index contributed by atoms with van der Waals surface area (Å²) in [7, 11) is 0. The Morgan fingerprint density at radius 1 is 0.612 bits per heavy atom. The van der Waals surface area contributed by atoms with Crippen molar-refractivity contribution in [2.45, 2.75) is 134 Å². The van der Waals surface area contributed by atoms with Gasteiger partial charge in [-0.05, 0) is 116 Å². The maximum Gasteiger partial charge on any atom is 0.288 e. The Kier molecular flexibility index (Phi) is 24.6. The molecule has 0 radical (unpaired) electrons.